The van der Waals surface area contributed by atoms with Crippen molar-refractivity contribution in [3.8, 4) is 0 Å². The third-order valence-electron chi connectivity index (χ3n) is 5.68. The van der Waals surface area contributed by atoms with Gasteiger partial charge in [0.2, 0.25) is 0 Å². The van der Waals surface area contributed by atoms with Crippen molar-refractivity contribution in [3.63, 3.8) is 0 Å². The van der Waals surface area contributed by atoms with Crippen molar-refractivity contribution < 1.29 is 9.18 Å². The number of carbonyl (C=O) groups excluding carboxylic acids is 1. The molecule has 0 bridgehead atoms. The maximum absolute atomic E-state index is 13.9. The highest BCUT2D eigenvalue weighted by atomic mass is 31.1. The van der Waals surface area contributed by atoms with Crippen molar-refractivity contribution in [1.82, 2.24) is 10.3 Å². The first-order chi connectivity index (χ1) is 15.0. The maximum atomic E-state index is 13.9. The van der Waals surface area contributed by atoms with Gasteiger partial charge >= 0.3 is 0 Å². The summed E-state index contributed by atoms with van der Waals surface area (Å²) >= 11 is 0. The molecule has 166 valence electrons. The maximum Gasteiger partial charge on any atom is 0.265 e. The molecule has 1 aromatic heterocycles. The molecule has 0 radical (unpaired) electrons. The van der Waals surface area contributed by atoms with E-state index in [2.05, 4.69) is 22.1 Å². The highest BCUT2D eigenvalue weighted by Gasteiger charge is 2.19. The van der Waals surface area contributed by atoms with E-state index in [0.29, 0.717) is 17.9 Å². The third-order valence-corrected chi connectivity index (χ3v) is 6.97. The number of pyridine rings is 1. The van der Waals surface area contributed by atoms with E-state index in [1.165, 1.54) is 24.5 Å². The van der Waals surface area contributed by atoms with E-state index in [4.69, 9.17) is 4.99 Å². The van der Waals surface area contributed by atoms with Crippen LogP contribution in [0.5, 0.6) is 0 Å². The number of anilines is 1. The number of rotatable bonds is 5. The van der Waals surface area contributed by atoms with Gasteiger partial charge in [-0.3, -0.25) is 9.78 Å². The minimum atomic E-state index is -0.267. The largest absolute Gasteiger partial charge is 0.348 e. The molecule has 5 nitrogen and oxygen atoms in total. The fourth-order valence-corrected chi connectivity index (χ4v) is 5.09. The molecule has 1 aromatic rings. The van der Waals surface area contributed by atoms with Crippen molar-refractivity contribution in [2.75, 3.05) is 23.8 Å². The van der Waals surface area contributed by atoms with Gasteiger partial charge in [-0.25, -0.2) is 9.38 Å². The van der Waals surface area contributed by atoms with Crippen LogP contribution >= 0.6 is 8.58 Å². The number of amides is 1. The molecule has 3 rings (SSSR count). The molecule has 2 aliphatic heterocycles. The predicted octanol–water partition coefficient (Wildman–Crippen LogP) is 5.21. The van der Waals surface area contributed by atoms with Crippen LogP contribution < -0.4 is 10.2 Å². The summed E-state index contributed by atoms with van der Waals surface area (Å²) in [4.78, 5) is 23.9. The van der Waals surface area contributed by atoms with E-state index < -0.39 is 0 Å². The Morgan fingerprint density at radius 2 is 2.16 bits per heavy atom. The first-order valence-electron chi connectivity index (χ1n) is 11.0. The van der Waals surface area contributed by atoms with Crippen molar-refractivity contribution in [3.05, 3.63) is 54.3 Å². The number of nitrogens with one attached hydrogen (secondary N) is 1. The standard InChI is InChI=1S/C24H32FN4OP/c1-4-19-7-8-20(25)6-5-13-29(16-19)22-9-12-26-17(2)23(22)27-18(3)24(30)28-21-10-14-31-15-11-21/h5-9,12-13,19,21,31H,4,10-11,14-16H2,1-3H3,(H,28,30)/b8-7+,13-5+,20-6+,27-18?. The topological polar surface area (TPSA) is 57.6 Å². The molecule has 1 N–H and O–H groups in total. The lowest BCUT2D eigenvalue weighted by atomic mass is 10.0. The zero-order chi connectivity index (χ0) is 22.2. The van der Waals surface area contributed by atoms with E-state index in [1.807, 2.05) is 25.3 Å². The van der Waals surface area contributed by atoms with E-state index in [9.17, 15) is 9.18 Å². The molecule has 1 amide bonds. The molecule has 0 spiro atoms. The van der Waals surface area contributed by atoms with Crippen LogP contribution in [0.1, 0.15) is 38.8 Å². The minimum absolute atomic E-state index is 0.121. The molecule has 0 aromatic carbocycles. The molecule has 1 saturated heterocycles. The Labute approximate surface area is 186 Å². The SMILES string of the molecule is CCC1/C=C/C(F)=C\C=C\N(c2ccnc(C)c2N=C(C)C(=O)NC2CCPCC2)C1. The van der Waals surface area contributed by atoms with Gasteiger partial charge in [0.1, 0.15) is 17.2 Å². The number of allylic oxidation sites excluding steroid dienone is 4. The number of aryl methyl sites for hydroxylation is 1. The van der Waals surface area contributed by atoms with Crippen LogP contribution in [0.4, 0.5) is 15.8 Å². The van der Waals surface area contributed by atoms with Gasteiger partial charge in [-0.15, -0.1) is 8.58 Å². The molecule has 3 heterocycles. The highest BCUT2D eigenvalue weighted by Crippen LogP contribution is 2.33. The van der Waals surface area contributed by atoms with Gasteiger partial charge in [-0.05, 0) is 75.6 Å². The predicted molar refractivity (Wildman–Crippen MR) is 130 cm³/mol. The highest BCUT2D eigenvalue weighted by molar-refractivity contribution is 7.38. The van der Waals surface area contributed by atoms with E-state index >= 15 is 0 Å². The molecular weight excluding hydrogens is 410 g/mol. The van der Waals surface area contributed by atoms with E-state index in [1.54, 1.807) is 19.2 Å². The fraction of sp³-hybridized carbons (Fsp3) is 0.458. The van der Waals surface area contributed by atoms with E-state index in [0.717, 1.165) is 39.2 Å². The van der Waals surface area contributed by atoms with Gasteiger partial charge in [0, 0.05) is 25.0 Å². The van der Waals surface area contributed by atoms with Crippen LogP contribution in [0, 0.1) is 12.8 Å². The van der Waals surface area contributed by atoms with Gasteiger partial charge < -0.3 is 10.2 Å². The smallest absolute Gasteiger partial charge is 0.265 e. The number of hydrogen-bond acceptors (Lipinski definition) is 4. The second kappa shape index (κ2) is 11.3. The summed E-state index contributed by atoms with van der Waals surface area (Å²) in [7, 11) is 1.02. The summed E-state index contributed by atoms with van der Waals surface area (Å²) in [5.41, 5.74) is 2.71. The molecular formula is C24H32FN4OP. The number of carbonyl (C=O) groups is 1. The van der Waals surface area contributed by atoms with Crippen LogP contribution in [0.3, 0.4) is 0 Å². The Morgan fingerprint density at radius 3 is 2.90 bits per heavy atom. The second-order valence-corrected chi connectivity index (χ2v) is 9.53. The Balaban J connectivity index is 1.89. The molecule has 0 saturated carbocycles. The summed E-state index contributed by atoms with van der Waals surface area (Å²) in [6.07, 6.45) is 15.5. The number of hydrogen-bond donors (Lipinski definition) is 1. The summed E-state index contributed by atoms with van der Waals surface area (Å²) < 4.78 is 13.9. The van der Waals surface area contributed by atoms with Crippen LogP contribution in [-0.4, -0.2) is 41.5 Å². The van der Waals surface area contributed by atoms with Gasteiger partial charge in [-0.1, -0.05) is 13.0 Å². The van der Waals surface area contributed by atoms with Crippen molar-refractivity contribution in [2.24, 2.45) is 10.9 Å². The lowest BCUT2D eigenvalue weighted by Gasteiger charge is -2.26. The van der Waals surface area contributed by atoms with E-state index in [-0.39, 0.29) is 23.7 Å². The van der Waals surface area contributed by atoms with Gasteiger partial charge in [0.15, 0.2) is 0 Å². The van der Waals surface area contributed by atoms with Gasteiger partial charge in [0.05, 0.1) is 11.4 Å². The monoisotopic (exact) mass is 442 g/mol. The lowest BCUT2D eigenvalue weighted by Crippen LogP contribution is -2.40. The molecule has 1 fully saturated rings. The van der Waals surface area contributed by atoms with Crippen LogP contribution in [0.25, 0.3) is 0 Å². The van der Waals surface area contributed by atoms with Crippen molar-refractivity contribution in [1.29, 1.82) is 0 Å². The van der Waals surface area contributed by atoms with Gasteiger partial charge in [0.25, 0.3) is 5.91 Å². The summed E-state index contributed by atoms with van der Waals surface area (Å²) in [5, 5.41) is 3.13. The Bertz CT molecular complexity index is 903. The average Bonchev–Trinajstić information content (AvgIpc) is 2.86. The zero-order valence-corrected chi connectivity index (χ0v) is 19.6. The zero-order valence-electron chi connectivity index (χ0n) is 18.6. The molecule has 31 heavy (non-hydrogen) atoms. The number of nitrogens with zero attached hydrogens (tertiary/aromatic N) is 3. The van der Waals surface area contributed by atoms with Crippen LogP contribution in [0.2, 0.25) is 0 Å². The number of aromatic nitrogens is 1. The fourth-order valence-electron chi connectivity index (χ4n) is 3.73. The first kappa shape index (κ1) is 23.3. The molecule has 2 aliphatic rings. The van der Waals surface area contributed by atoms with Crippen molar-refractivity contribution in [2.45, 2.75) is 46.1 Å². The minimum Gasteiger partial charge on any atom is -0.348 e. The summed E-state index contributed by atoms with van der Waals surface area (Å²) in [6, 6.07) is 2.14. The number of aliphatic imine (C=N–C) groups is 1. The Hall–Kier alpha value is -2.33. The molecule has 7 heteroatoms. The summed E-state index contributed by atoms with van der Waals surface area (Å²) in [5.74, 6) is -0.205. The summed E-state index contributed by atoms with van der Waals surface area (Å²) in [6.45, 7) is 6.42. The Kier molecular flexibility index (Phi) is 8.53. The number of halogens is 1. The van der Waals surface area contributed by atoms with Crippen LogP contribution in [0.15, 0.2) is 53.6 Å². The van der Waals surface area contributed by atoms with Crippen molar-refractivity contribution >= 4 is 31.6 Å². The van der Waals surface area contributed by atoms with Crippen LogP contribution in [-0.2, 0) is 4.79 Å². The Morgan fingerprint density at radius 1 is 1.39 bits per heavy atom. The molecule has 0 aliphatic carbocycles. The molecule has 1 unspecified atom stereocenters. The lowest BCUT2D eigenvalue weighted by molar-refractivity contribution is -0.115. The van der Waals surface area contributed by atoms with Gasteiger partial charge in [-0.2, -0.15) is 0 Å². The second-order valence-electron chi connectivity index (χ2n) is 8.03. The molecule has 1 atom stereocenters. The normalized spacial score (nSPS) is 26.9. The quantitative estimate of drug-likeness (QED) is 0.503. The average molecular weight is 443 g/mol. The third kappa shape index (κ3) is 6.57. The first-order valence-corrected chi connectivity index (χ1v) is 12.4.